The summed E-state index contributed by atoms with van der Waals surface area (Å²) in [6, 6.07) is 24.5. The first-order valence-electron chi connectivity index (χ1n) is 12.1. The van der Waals surface area contributed by atoms with E-state index < -0.39 is 23.2 Å². The predicted molar refractivity (Wildman–Crippen MR) is 142 cm³/mol. The molecule has 0 fully saturated rings. The number of carbonyl (C=O) groups excluding carboxylic acids is 1. The molecule has 5 aromatic rings. The van der Waals surface area contributed by atoms with Crippen molar-refractivity contribution in [3.8, 4) is 22.5 Å². The topological polar surface area (TPSA) is 68.9 Å². The van der Waals surface area contributed by atoms with Gasteiger partial charge < -0.3 is 5.32 Å². The van der Waals surface area contributed by atoms with Crippen LogP contribution in [0.5, 0.6) is 0 Å². The van der Waals surface area contributed by atoms with E-state index in [0.717, 1.165) is 22.4 Å². The fraction of sp³-hybridized carbons (Fsp3) is 0.100. The van der Waals surface area contributed by atoms with Crippen molar-refractivity contribution in [3.05, 3.63) is 136 Å². The highest BCUT2D eigenvalue weighted by molar-refractivity contribution is 5.95. The van der Waals surface area contributed by atoms with E-state index in [2.05, 4.69) is 10.4 Å². The Morgan fingerprint density at radius 3 is 2.26 bits per heavy atom. The number of rotatable bonds is 6. The van der Waals surface area contributed by atoms with Crippen LogP contribution in [0.2, 0.25) is 0 Å². The Kier molecular flexibility index (Phi) is 6.89. The van der Waals surface area contributed by atoms with Crippen LogP contribution >= 0.6 is 0 Å². The number of nitrogens with one attached hydrogen (secondary N) is 1. The molecule has 0 saturated heterocycles. The number of pyridine rings is 1. The van der Waals surface area contributed by atoms with E-state index >= 15 is 0 Å². The van der Waals surface area contributed by atoms with Crippen LogP contribution in [0.25, 0.3) is 22.5 Å². The van der Waals surface area contributed by atoms with Crippen LogP contribution in [0, 0.1) is 6.92 Å². The minimum Gasteiger partial charge on any atom is -0.348 e. The van der Waals surface area contributed by atoms with E-state index in [0.29, 0.717) is 22.4 Å². The second-order valence-corrected chi connectivity index (χ2v) is 8.92. The summed E-state index contributed by atoms with van der Waals surface area (Å²) >= 11 is 0. The number of benzene rings is 3. The van der Waals surface area contributed by atoms with Gasteiger partial charge in [0.15, 0.2) is 0 Å². The van der Waals surface area contributed by atoms with Crippen LogP contribution in [0.15, 0.2) is 108 Å². The lowest BCUT2D eigenvalue weighted by Gasteiger charge is -2.18. The van der Waals surface area contributed by atoms with Gasteiger partial charge in [-0.15, -0.1) is 0 Å². The summed E-state index contributed by atoms with van der Waals surface area (Å²) in [4.78, 5) is 26.9. The summed E-state index contributed by atoms with van der Waals surface area (Å²) in [6.07, 6.45) is -1.21. The van der Waals surface area contributed by atoms with Crippen molar-refractivity contribution < 1.29 is 18.0 Å². The smallest absolute Gasteiger partial charge is 0.348 e. The molecule has 6 nitrogen and oxygen atoms in total. The van der Waals surface area contributed by atoms with Gasteiger partial charge >= 0.3 is 6.18 Å². The monoisotopic (exact) mass is 528 g/mol. The second-order valence-electron chi connectivity index (χ2n) is 8.92. The number of hydrogen-bond acceptors (Lipinski definition) is 3. The first-order valence-corrected chi connectivity index (χ1v) is 12.1. The third-order valence-corrected chi connectivity index (χ3v) is 6.32. The molecule has 0 aliphatic carbocycles. The van der Waals surface area contributed by atoms with Crippen LogP contribution in [-0.2, 0) is 12.7 Å². The van der Waals surface area contributed by atoms with E-state index in [1.165, 1.54) is 18.2 Å². The number of halogens is 3. The average molecular weight is 529 g/mol. The molecular weight excluding hydrogens is 505 g/mol. The van der Waals surface area contributed by atoms with Crippen molar-refractivity contribution in [2.75, 3.05) is 0 Å². The zero-order valence-electron chi connectivity index (χ0n) is 20.8. The molecule has 0 spiro atoms. The van der Waals surface area contributed by atoms with Gasteiger partial charge in [0.25, 0.3) is 11.5 Å². The van der Waals surface area contributed by atoms with Crippen LogP contribution in [0.4, 0.5) is 13.2 Å². The molecule has 2 aromatic heterocycles. The quantitative estimate of drug-likeness (QED) is 0.296. The molecule has 0 radical (unpaired) electrons. The largest absolute Gasteiger partial charge is 0.416 e. The summed E-state index contributed by atoms with van der Waals surface area (Å²) in [5.74, 6) is -0.648. The van der Waals surface area contributed by atoms with E-state index in [4.69, 9.17) is 0 Å². The van der Waals surface area contributed by atoms with Crippen molar-refractivity contribution in [1.82, 2.24) is 19.7 Å². The summed E-state index contributed by atoms with van der Waals surface area (Å²) in [7, 11) is 0. The molecule has 0 saturated carbocycles. The Morgan fingerprint density at radius 1 is 0.897 bits per heavy atom. The lowest BCUT2D eigenvalue weighted by Crippen LogP contribution is -2.33. The first kappa shape index (κ1) is 25.7. The Hall–Kier alpha value is -4.92. The highest BCUT2D eigenvalue weighted by Crippen LogP contribution is 2.31. The van der Waals surface area contributed by atoms with Gasteiger partial charge in [-0.25, -0.2) is 4.68 Å². The summed E-state index contributed by atoms with van der Waals surface area (Å²) in [5.41, 5.74) is 1.46. The highest BCUT2D eigenvalue weighted by Gasteiger charge is 2.31. The summed E-state index contributed by atoms with van der Waals surface area (Å²) in [5, 5.41) is 7.06. The maximum atomic E-state index is 13.6. The van der Waals surface area contributed by atoms with Crippen molar-refractivity contribution >= 4 is 5.91 Å². The summed E-state index contributed by atoms with van der Waals surface area (Å²) in [6.45, 7) is 1.74. The Morgan fingerprint density at radius 2 is 1.56 bits per heavy atom. The molecule has 0 unspecified atom stereocenters. The molecule has 1 N–H and O–H groups in total. The molecule has 0 aliphatic rings. The average Bonchev–Trinajstić information content (AvgIpc) is 3.42. The third kappa shape index (κ3) is 5.38. The molecule has 9 heteroatoms. The molecular formula is C30H23F3N4O2. The molecule has 3 aromatic carbocycles. The van der Waals surface area contributed by atoms with Crippen molar-refractivity contribution in [2.24, 2.45) is 0 Å². The van der Waals surface area contributed by atoms with E-state index in [9.17, 15) is 22.8 Å². The molecule has 2 heterocycles. The SMILES string of the molecule is Cc1c(-c2ccccc2)cc(C(=O)NCc2cnn(-c3ccccc3)c2)c(=O)n1-c1cccc(C(F)(F)F)c1. The van der Waals surface area contributed by atoms with Gasteiger partial charge in [0.1, 0.15) is 5.56 Å². The zero-order chi connectivity index (χ0) is 27.6. The molecule has 0 bridgehead atoms. The van der Waals surface area contributed by atoms with Gasteiger partial charge in [-0.2, -0.15) is 18.3 Å². The maximum absolute atomic E-state index is 13.6. The fourth-order valence-corrected chi connectivity index (χ4v) is 4.36. The molecule has 39 heavy (non-hydrogen) atoms. The minimum atomic E-state index is -4.59. The normalized spacial score (nSPS) is 11.4. The van der Waals surface area contributed by atoms with E-state index in [-0.39, 0.29) is 17.8 Å². The second kappa shape index (κ2) is 10.4. The number of carbonyl (C=O) groups is 1. The van der Waals surface area contributed by atoms with Gasteiger partial charge in [-0.3, -0.25) is 14.2 Å². The zero-order valence-corrected chi connectivity index (χ0v) is 20.8. The minimum absolute atomic E-state index is 0.0169. The van der Waals surface area contributed by atoms with Gasteiger partial charge in [-0.1, -0.05) is 54.6 Å². The molecule has 5 rings (SSSR count). The van der Waals surface area contributed by atoms with Crippen LogP contribution in [0.1, 0.15) is 27.2 Å². The third-order valence-electron chi connectivity index (χ3n) is 6.32. The van der Waals surface area contributed by atoms with E-state index in [1.54, 1.807) is 36.1 Å². The highest BCUT2D eigenvalue weighted by atomic mass is 19.4. The molecule has 0 aliphatic heterocycles. The van der Waals surface area contributed by atoms with Crippen LogP contribution in [-0.4, -0.2) is 20.3 Å². The first-order chi connectivity index (χ1) is 18.7. The number of aromatic nitrogens is 3. The lowest BCUT2D eigenvalue weighted by molar-refractivity contribution is -0.137. The van der Waals surface area contributed by atoms with Crippen molar-refractivity contribution in [2.45, 2.75) is 19.6 Å². The number of nitrogens with zero attached hydrogens (tertiary/aromatic N) is 3. The standard InChI is InChI=1S/C30H23F3N4O2/c1-20-26(22-9-4-2-5-10-22)16-27(29(39)37(20)25-14-8-11-23(15-25)30(31,32)33)28(38)34-17-21-18-35-36(19-21)24-12-6-3-7-13-24/h2-16,18-19H,17H2,1H3,(H,34,38). The Balaban J connectivity index is 1.53. The Labute approximate surface area is 222 Å². The predicted octanol–water partition coefficient (Wildman–Crippen LogP) is 5.95. The fourth-order valence-electron chi connectivity index (χ4n) is 4.36. The Bertz CT molecular complexity index is 1690. The van der Waals surface area contributed by atoms with E-state index in [1.807, 2.05) is 48.5 Å². The van der Waals surface area contributed by atoms with Gasteiger partial charge in [-0.05, 0) is 48.9 Å². The number of amides is 1. The van der Waals surface area contributed by atoms with Crippen LogP contribution in [0.3, 0.4) is 0 Å². The molecule has 0 atom stereocenters. The number of para-hydroxylation sites is 1. The van der Waals surface area contributed by atoms with Crippen molar-refractivity contribution in [1.29, 1.82) is 0 Å². The van der Waals surface area contributed by atoms with Crippen molar-refractivity contribution in [3.63, 3.8) is 0 Å². The van der Waals surface area contributed by atoms with Gasteiger partial charge in [0.2, 0.25) is 0 Å². The van der Waals surface area contributed by atoms with Gasteiger partial charge in [0.05, 0.1) is 17.4 Å². The maximum Gasteiger partial charge on any atom is 0.416 e. The number of alkyl halides is 3. The van der Waals surface area contributed by atoms with Crippen LogP contribution < -0.4 is 10.9 Å². The number of hydrogen-bond donors (Lipinski definition) is 1. The summed E-state index contributed by atoms with van der Waals surface area (Å²) < 4.78 is 43.2. The lowest BCUT2D eigenvalue weighted by atomic mass is 10.0. The molecule has 1 amide bonds. The molecule has 196 valence electrons. The van der Waals surface area contributed by atoms with Gasteiger partial charge in [0, 0.05) is 35.2 Å².